The predicted octanol–water partition coefficient (Wildman–Crippen LogP) is 2.90. The molecular formula is C22H23F3N6O3. The molecule has 3 aromatic heterocycles. The van der Waals surface area contributed by atoms with Crippen LogP contribution in [0.4, 0.5) is 18.9 Å². The second-order valence-electron chi connectivity index (χ2n) is 8.95. The number of rotatable bonds is 4. The molecule has 2 saturated heterocycles. The van der Waals surface area contributed by atoms with E-state index in [0.717, 1.165) is 5.69 Å². The summed E-state index contributed by atoms with van der Waals surface area (Å²) in [5.74, 6) is -0.817. The lowest BCUT2D eigenvalue weighted by molar-refractivity contribution is -0.223. The molecule has 5 rings (SSSR count). The van der Waals surface area contributed by atoms with E-state index in [1.165, 1.54) is 16.9 Å². The highest BCUT2D eigenvalue weighted by Gasteiger charge is 2.53. The molecule has 5 heterocycles. The molecule has 2 fully saturated rings. The van der Waals surface area contributed by atoms with Crippen molar-refractivity contribution in [2.24, 2.45) is 5.92 Å². The van der Waals surface area contributed by atoms with E-state index < -0.39 is 17.7 Å². The third-order valence-corrected chi connectivity index (χ3v) is 6.47. The number of anilines is 1. The fraction of sp³-hybridized carbons (Fsp3) is 0.500. The summed E-state index contributed by atoms with van der Waals surface area (Å²) in [5.41, 5.74) is 1.82. The molecule has 1 spiro atoms. The Balaban J connectivity index is 1.30. The summed E-state index contributed by atoms with van der Waals surface area (Å²) in [6.07, 6.45) is -2.76. The van der Waals surface area contributed by atoms with E-state index in [1.807, 2.05) is 17.9 Å². The normalized spacial score (nSPS) is 19.9. The molecule has 1 unspecified atom stereocenters. The highest BCUT2D eigenvalue weighted by atomic mass is 19.4. The smallest absolute Gasteiger partial charge is 0.371 e. The van der Waals surface area contributed by atoms with Crippen molar-refractivity contribution < 1.29 is 22.4 Å². The molecule has 0 aromatic carbocycles. The number of ether oxygens (including phenoxy) is 1. The molecule has 180 valence electrons. The maximum atomic E-state index is 13.2. The van der Waals surface area contributed by atoms with Gasteiger partial charge in [0.1, 0.15) is 22.7 Å². The molecule has 0 radical (unpaired) electrons. The van der Waals surface area contributed by atoms with Crippen molar-refractivity contribution in [3.63, 3.8) is 0 Å². The van der Waals surface area contributed by atoms with Crippen molar-refractivity contribution in [2.75, 3.05) is 24.6 Å². The van der Waals surface area contributed by atoms with Gasteiger partial charge in [-0.3, -0.25) is 4.79 Å². The molecule has 2 aliphatic rings. The van der Waals surface area contributed by atoms with E-state index >= 15 is 0 Å². The summed E-state index contributed by atoms with van der Waals surface area (Å²) in [4.78, 5) is 14.6. The van der Waals surface area contributed by atoms with Gasteiger partial charge < -0.3 is 14.2 Å². The maximum Gasteiger partial charge on any atom is 0.392 e. The van der Waals surface area contributed by atoms with Gasteiger partial charge in [0.2, 0.25) is 0 Å². The van der Waals surface area contributed by atoms with E-state index in [4.69, 9.17) is 9.26 Å². The summed E-state index contributed by atoms with van der Waals surface area (Å²) in [6.45, 7) is 4.37. The van der Waals surface area contributed by atoms with E-state index in [2.05, 4.69) is 20.5 Å². The fourth-order valence-corrected chi connectivity index (χ4v) is 4.53. The van der Waals surface area contributed by atoms with Crippen molar-refractivity contribution in [1.82, 2.24) is 25.1 Å². The zero-order chi connectivity index (χ0) is 24.1. The standard InChI is InChI=1S/C22H23F3N6O3/c1-13-3-4-18(28-27-13)20-17(14(2)34-29-20)10-31-19(32)7-16(9-26-31)30-11-21(12-30)8-15(5-6-33-21)22(23,24)25/h3-4,7,9,15H,5-6,8,10-12H2,1-2H3. The molecule has 0 aliphatic carbocycles. The lowest BCUT2D eigenvalue weighted by Crippen LogP contribution is -2.66. The minimum absolute atomic E-state index is 0.0126. The highest BCUT2D eigenvalue weighted by Crippen LogP contribution is 2.44. The van der Waals surface area contributed by atoms with Crippen molar-refractivity contribution in [2.45, 2.75) is 45.0 Å². The number of hydrogen-bond donors (Lipinski definition) is 0. The third kappa shape index (κ3) is 4.17. The van der Waals surface area contributed by atoms with Gasteiger partial charge in [0, 0.05) is 31.3 Å². The first kappa shape index (κ1) is 22.5. The van der Waals surface area contributed by atoms with Gasteiger partial charge in [0.15, 0.2) is 0 Å². The molecule has 3 aromatic rings. The van der Waals surface area contributed by atoms with E-state index in [1.54, 1.807) is 13.0 Å². The lowest BCUT2D eigenvalue weighted by atomic mass is 9.80. The maximum absolute atomic E-state index is 13.2. The molecule has 0 amide bonds. The van der Waals surface area contributed by atoms with Gasteiger partial charge in [0.25, 0.3) is 5.56 Å². The van der Waals surface area contributed by atoms with Crippen LogP contribution >= 0.6 is 0 Å². The van der Waals surface area contributed by atoms with Gasteiger partial charge in [-0.2, -0.15) is 23.4 Å². The van der Waals surface area contributed by atoms with E-state index in [-0.39, 0.29) is 31.6 Å². The van der Waals surface area contributed by atoms with Gasteiger partial charge in [0.05, 0.1) is 30.0 Å². The van der Waals surface area contributed by atoms with Crippen LogP contribution in [0.25, 0.3) is 11.4 Å². The number of nitrogens with zero attached hydrogens (tertiary/aromatic N) is 6. The molecule has 0 saturated carbocycles. The summed E-state index contributed by atoms with van der Waals surface area (Å²) >= 11 is 0. The highest BCUT2D eigenvalue weighted by molar-refractivity contribution is 5.58. The topological polar surface area (TPSA) is 99.2 Å². The van der Waals surface area contributed by atoms with Crippen LogP contribution in [0.3, 0.4) is 0 Å². The lowest BCUT2D eigenvalue weighted by Gasteiger charge is -2.54. The Kier molecular flexibility index (Phi) is 5.42. The van der Waals surface area contributed by atoms with Crippen LogP contribution in [-0.4, -0.2) is 56.6 Å². The van der Waals surface area contributed by atoms with Crippen molar-refractivity contribution in [3.05, 3.63) is 51.8 Å². The summed E-state index contributed by atoms with van der Waals surface area (Å²) in [6, 6.07) is 5.01. The molecule has 34 heavy (non-hydrogen) atoms. The summed E-state index contributed by atoms with van der Waals surface area (Å²) < 4.78 is 51.8. The van der Waals surface area contributed by atoms with Crippen molar-refractivity contribution in [1.29, 1.82) is 0 Å². The molecule has 9 nitrogen and oxygen atoms in total. The Hall–Kier alpha value is -3.28. The fourth-order valence-electron chi connectivity index (χ4n) is 4.53. The van der Waals surface area contributed by atoms with Crippen LogP contribution in [0.1, 0.15) is 29.9 Å². The van der Waals surface area contributed by atoms with Gasteiger partial charge in [-0.15, -0.1) is 5.10 Å². The van der Waals surface area contributed by atoms with Gasteiger partial charge >= 0.3 is 6.18 Å². The number of aromatic nitrogens is 5. The molecule has 1 atom stereocenters. The largest absolute Gasteiger partial charge is 0.392 e. The Morgan fingerprint density at radius 1 is 1.21 bits per heavy atom. The number of alkyl halides is 3. The Morgan fingerprint density at radius 3 is 2.68 bits per heavy atom. The molecule has 0 bridgehead atoms. The summed E-state index contributed by atoms with van der Waals surface area (Å²) in [5, 5.41) is 16.5. The average Bonchev–Trinajstić information content (AvgIpc) is 3.13. The van der Waals surface area contributed by atoms with Crippen LogP contribution in [0.15, 0.2) is 33.7 Å². The molecule has 0 N–H and O–H groups in total. The zero-order valence-electron chi connectivity index (χ0n) is 18.7. The van der Waals surface area contributed by atoms with Crippen LogP contribution in [-0.2, 0) is 11.3 Å². The third-order valence-electron chi connectivity index (χ3n) is 6.47. The first-order valence-electron chi connectivity index (χ1n) is 10.9. The van der Waals surface area contributed by atoms with E-state index in [0.29, 0.717) is 41.5 Å². The second-order valence-corrected chi connectivity index (χ2v) is 8.95. The predicted molar refractivity (Wildman–Crippen MR) is 114 cm³/mol. The number of halogens is 3. The second kappa shape index (κ2) is 8.19. The zero-order valence-corrected chi connectivity index (χ0v) is 18.7. The van der Waals surface area contributed by atoms with Crippen LogP contribution in [0, 0.1) is 19.8 Å². The molecule has 12 heteroatoms. The first-order valence-corrected chi connectivity index (χ1v) is 10.9. The monoisotopic (exact) mass is 476 g/mol. The van der Waals surface area contributed by atoms with Gasteiger partial charge in [-0.1, -0.05) is 5.16 Å². The number of hydrogen-bond acceptors (Lipinski definition) is 8. The number of aryl methyl sites for hydroxylation is 2. The average molecular weight is 476 g/mol. The van der Waals surface area contributed by atoms with Crippen LogP contribution < -0.4 is 10.5 Å². The van der Waals surface area contributed by atoms with E-state index in [9.17, 15) is 18.0 Å². The van der Waals surface area contributed by atoms with Crippen LogP contribution in [0.5, 0.6) is 0 Å². The molecular weight excluding hydrogens is 453 g/mol. The SMILES string of the molecule is Cc1ccc(-c2noc(C)c2Cn2ncc(N3CC4(CC(C(F)(F)F)CCO4)C3)cc2=O)nn1. The van der Waals surface area contributed by atoms with Crippen molar-refractivity contribution in [3.8, 4) is 11.4 Å². The Morgan fingerprint density at radius 2 is 2.00 bits per heavy atom. The summed E-state index contributed by atoms with van der Waals surface area (Å²) in [7, 11) is 0. The van der Waals surface area contributed by atoms with Crippen molar-refractivity contribution >= 4 is 5.69 Å². The Labute approximate surface area is 192 Å². The van der Waals surface area contributed by atoms with Crippen LogP contribution in [0.2, 0.25) is 0 Å². The molecule has 2 aliphatic heterocycles. The minimum atomic E-state index is -4.22. The Bertz CT molecular complexity index is 1250. The minimum Gasteiger partial charge on any atom is -0.371 e. The first-order chi connectivity index (χ1) is 16.1. The van der Waals surface area contributed by atoms with Gasteiger partial charge in [-0.25, -0.2) is 4.68 Å². The van der Waals surface area contributed by atoms with Gasteiger partial charge in [-0.05, 0) is 38.8 Å². The quantitative estimate of drug-likeness (QED) is 0.567.